The third-order valence-corrected chi connectivity index (χ3v) is 19.2. The molecule has 0 aromatic carbocycles. The van der Waals surface area contributed by atoms with E-state index in [9.17, 15) is 5.11 Å². The van der Waals surface area contributed by atoms with Crippen molar-refractivity contribution in [2.75, 3.05) is 46.2 Å². The van der Waals surface area contributed by atoms with Crippen LogP contribution in [0.4, 0.5) is 0 Å². The van der Waals surface area contributed by atoms with Crippen molar-refractivity contribution in [1.29, 1.82) is 0 Å². The van der Waals surface area contributed by atoms with Crippen molar-refractivity contribution in [3.63, 3.8) is 0 Å². The van der Waals surface area contributed by atoms with E-state index in [0.29, 0.717) is 23.4 Å². The summed E-state index contributed by atoms with van der Waals surface area (Å²) in [6.07, 6.45) is 49.4. The zero-order valence-electron chi connectivity index (χ0n) is 48.2. The van der Waals surface area contributed by atoms with Crippen LogP contribution in [0.2, 0.25) is 0 Å². The molecule has 0 radical (unpaired) electrons. The first kappa shape index (κ1) is 65.2. The summed E-state index contributed by atoms with van der Waals surface area (Å²) in [5.41, 5.74) is 1.23. The van der Waals surface area contributed by atoms with Gasteiger partial charge in [0, 0.05) is 20.0 Å². The smallest absolute Gasteiger partial charge is 0.173 e. The first-order valence-corrected chi connectivity index (χ1v) is 32.1. The van der Waals surface area contributed by atoms with Gasteiger partial charge >= 0.3 is 0 Å². The Kier molecular flexibility index (Phi) is 38.2. The van der Waals surface area contributed by atoms with Gasteiger partial charge in [0.2, 0.25) is 0 Å². The maximum absolute atomic E-state index is 9.63. The minimum atomic E-state index is -0.216. The monoisotopic (exact) mass is 994 g/mol. The van der Waals surface area contributed by atoms with Crippen molar-refractivity contribution in [1.82, 2.24) is 4.90 Å². The number of aliphatic hydroxyl groups is 2. The van der Waals surface area contributed by atoms with E-state index >= 15 is 0 Å². The molecule has 4 aliphatic rings. The second-order valence-corrected chi connectivity index (χ2v) is 24.0. The zero-order valence-corrected chi connectivity index (χ0v) is 49.0. The summed E-state index contributed by atoms with van der Waals surface area (Å²) >= 11 is 1.45. The second-order valence-electron chi connectivity index (χ2n) is 23.4. The number of hydrogen-bond donors (Lipinski definition) is 2. The third kappa shape index (κ3) is 23.7. The van der Waals surface area contributed by atoms with Gasteiger partial charge < -0.3 is 24.6 Å². The Morgan fingerprint density at radius 2 is 1.12 bits per heavy atom. The Hall–Kier alpha value is 0.110. The molecule has 69 heavy (non-hydrogen) atoms. The second kappa shape index (κ2) is 40.4. The van der Waals surface area contributed by atoms with Crippen LogP contribution in [-0.2, 0) is 13.7 Å². The lowest BCUT2D eigenvalue weighted by Gasteiger charge is -2.61. The summed E-state index contributed by atoms with van der Waals surface area (Å²) in [6.45, 7) is 23.7. The van der Waals surface area contributed by atoms with Crippen molar-refractivity contribution in [3.8, 4) is 0 Å². The maximum Gasteiger partial charge on any atom is 0.173 e. The summed E-state index contributed by atoms with van der Waals surface area (Å²) in [4.78, 5) is 2.74. The molecular formula is C62H123NO5S. The molecule has 4 saturated carbocycles. The van der Waals surface area contributed by atoms with Crippen LogP contribution in [0.15, 0.2) is 0 Å². The zero-order chi connectivity index (χ0) is 50.6. The lowest BCUT2D eigenvalue weighted by atomic mass is 9.44. The van der Waals surface area contributed by atoms with E-state index in [4.69, 9.17) is 18.8 Å². The molecule has 412 valence electrons. The van der Waals surface area contributed by atoms with Gasteiger partial charge in [-0.25, -0.2) is 0 Å². The predicted molar refractivity (Wildman–Crippen MR) is 302 cm³/mol. The molecule has 0 heterocycles. The molecule has 2 N–H and O–H groups in total. The molecule has 0 spiro atoms. The van der Waals surface area contributed by atoms with Crippen LogP contribution < -0.4 is 0 Å². The fourth-order valence-electron chi connectivity index (χ4n) is 14.9. The Balaban J connectivity index is 0.00000397. The van der Waals surface area contributed by atoms with Crippen LogP contribution in [0.25, 0.3) is 0 Å². The molecule has 0 saturated heterocycles. The number of ether oxygens (including phenoxy) is 2. The van der Waals surface area contributed by atoms with Crippen molar-refractivity contribution < 1.29 is 23.9 Å². The molecular weight excluding hydrogens is 871 g/mol. The molecule has 0 bridgehead atoms. The van der Waals surface area contributed by atoms with E-state index in [0.717, 1.165) is 87.9 Å². The summed E-state index contributed by atoms with van der Waals surface area (Å²) in [5, 5.41) is 16.6. The molecule has 0 aromatic rings. The molecule has 9 unspecified atom stereocenters. The minimum Gasteiger partial charge on any atom is -0.400 e. The Bertz CT molecular complexity index is 1160. The van der Waals surface area contributed by atoms with Gasteiger partial charge in [-0.2, -0.15) is 0 Å². The topological polar surface area (TPSA) is 71.4 Å². The van der Waals surface area contributed by atoms with Gasteiger partial charge in [-0.15, -0.1) is 0 Å². The van der Waals surface area contributed by atoms with E-state index < -0.39 is 0 Å². The van der Waals surface area contributed by atoms with Gasteiger partial charge in [-0.05, 0) is 206 Å². The van der Waals surface area contributed by atoms with E-state index in [1.54, 1.807) is 6.42 Å². The fraction of sp³-hybridized carbons (Fsp3) is 1.00. The SMILES string of the molecule is CC.CCCCCCCCC(CCCCCC)CO[C@H](CCCCCCC)OC(CCCCCN(CCCCO)CCC[C@@H](C)C1CCC2C3CCC4CCCCC4(C)C3CCC21C)OSC.CO. The highest BCUT2D eigenvalue weighted by Gasteiger charge is 2.60. The number of hydrogen-bond acceptors (Lipinski definition) is 7. The number of fused-ring (bicyclic) bond motifs is 5. The quantitative estimate of drug-likeness (QED) is 0.0360. The first-order chi connectivity index (χ1) is 33.7. The van der Waals surface area contributed by atoms with Gasteiger partial charge in [0.05, 0.1) is 6.61 Å². The highest BCUT2D eigenvalue weighted by molar-refractivity contribution is 7.93. The standard InChI is InChI=1S/C59H113NO4S.C2H6.CH4O/c1-8-11-14-17-19-22-33-50(32-21-16-13-10-3)48-62-56(35-23-18-15-12-9-2)63-57(64-65-7)36-24-20-27-44-60(45-28-29-47-61)46-30-31-49(4)53-39-40-54-52-38-37-51-34-25-26-42-58(51,5)55(52)41-43-59(53,54)6;2*1-2/h49-57,61H,8-48H2,1-7H3;1-2H3;2H,1H3/t49-,50?,51?,52?,53?,54?,55?,56+,57?,58?,59?;;/m1../s1. The summed E-state index contributed by atoms with van der Waals surface area (Å²) in [5.74, 6) is 6.43. The maximum atomic E-state index is 9.63. The van der Waals surface area contributed by atoms with E-state index in [1.165, 1.54) is 218 Å². The molecule has 6 nitrogen and oxygen atoms in total. The van der Waals surface area contributed by atoms with Gasteiger partial charge in [0.15, 0.2) is 12.6 Å². The van der Waals surface area contributed by atoms with Gasteiger partial charge in [-0.3, -0.25) is 4.18 Å². The largest absolute Gasteiger partial charge is 0.400 e. The highest BCUT2D eigenvalue weighted by atomic mass is 32.2. The Labute approximate surface area is 436 Å². The Morgan fingerprint density at radius 1 is 0.565 bits per heavy atom. The number of unbranched alkanes of at least 4 members (excludes halogenated alkanes) is 15. The molecule has 4 aliphatic carbocycles. The number of nitrogens with zero attached hydrogens (tertiary/aromatic N) is 1. The van der Waals surface area contributed by atoms with E-state index in [2.05, 4.69) is 46.4 Å². The molecule has 7 heteroatoms. The fourth-order valence-corrected chi connectivity index (χ4v) is 15.2. The molecule has 4 rings (SSSR count). The van der Waals surface area contributed by atoms with Gasteiger partial charge in [-0.1, -0.05) is 165 Å². The lowest BCUT2D eigenvalue weighted by molar-refractivity contribution is -0.224. The van der Waals surface area contributed by atoms with Crippen molar-refractivity contribution in [3.05, 3.63) is 0 Å². The van der Waals surface area contributed by atoms with Crippen molar-refractivity contribution >= 4 is 12.0 Å². The van der Waals surface area contributed by atoms with E-state index in [-0.39, 0.29) is 12.6 Å². The van der Waals surface area contributed by atoms with Crippen LogP contribution in [-0.4, -0.2) is 73.9 Å². The molecule has 0 aromatic heterocycles. The summed E-state index contributed by atoms with van der Waals surface area (Å²) in [6, 6.07) is 0. The van der Waals surface area contributed by atoms with Crippen molar-refractivity contribution in [2.24, 2.45) is 52.3 Å². The summed E-state index contributed by atoms with van der Waals surface area (Å²) < 4.78 is 19.7. The van der Waals surface area contributed by atoms with Gasteiger partial charge in [0.1, 0.15) is 0 Å². The van der Waals surface area contributed by atoms with Crippen LogP contribution in [0.3, 0.4) is 0 Å². The number of rotatable bonds is 40. The molecule has 4 fully saturated rings. The van der Waals surface area contributed by atoms with Crippen LogP contribution in [0.5, 0.6) is 0 Å². The molecule has 0 amide bonds. The first-order valence-electron chi connectivity index (χ1n) is 31.0. The van der Waals surface area contributed by atoms with Crippen LogP contribution in [0, 0.1) is 52.3 Å². The van der Waals surface area contributed by atoms with E-state index in [1.807, 2.05) is 20.1 Å². The Morgan fingerprint density at radius 3 is 1.75 bits per heavy atom. The molecule has 11 atom stereocenters. The summed E-state index contributed by atoms with van der Waals surface area (Å²) in [7, 11) is 1.00. The minimum absolute atomic E-state index is 0.173. The van der Waals surface area contributed by atoms with Crippen molar-refractivity contribution in [2.45, 2.75) is 299 Å². The average Bonchev–Trinajstić information content (AvgIpc) is 3.73. The average molecular weight is 995 g/mol. The van der Waals surface area contributed by atoms with Gasteiger partial charge in [0.25, 0.3) is 0 Å². The van der Waals surface area contributed by atoms with Crippen LogP contribution in [0.1, 0.15) is 287 Å². The molecule has 0 aliphatic heterocycles. The normalized spacial score (nSPS) is 27.0. The lowest BCUT2D eigenvalue weighted by Crippen LogP contribution is -2.53. The predicted octanol–water partition coefficient (Wildman–Crippen LogP) is 18.4. The number of aliphatic hydroxyl groups excluding tert-OH is 2. The van der Waals surface area contributed by atoms with Crippen LogP contribution >= 0.6 is 12.0 Å². The highest BCUT2D eigenvalue weighted by Crippen LogP contribution is 2.68. The third-order valence-electron chi connectivity index (χ3n) is 18.8.